The lowest BCUT2D eigenvalue weighted by atomic mass is 10.1. The highest BCUT2D eigenvalue weighted by Gasteiger charge is 2.05. The quantitative estimate of drug-likeness (QED) is 0.521. The number of hydrogen-bond acceptors (Lipinski definition) is 2. The highest BCUT2D eigenvalue weighted by atomic mass is 35.5. The van der Waals surface area contributed by atoms with Gasteiger partial charge < -0.3 is 10.1 Å². The van der Waals surface area contributed by atoms with E-state index in [9.17, 15) is 0 Å². The van der Waals surface area contributed by atoms with Crippen LogP contribution in [0.15, 0.2) is 78.9 Å². The first-order valence-corrected chi connectivity index (χ1v) is 8.83. The van der Waals surface area contributed by atoms with Crippen LogP contribution in [0.1, 0.15) is 29.7 Å². The van der Waals surface area contributed by atoms with Gasteiger partial charge in [-0.15, -0.1) is 12.4 Å². The summed E-state index contributed by atoms with van der Waals surface area (Å²) in [6, 6.07) is 26.7. The van der Waals surface area contributed by atoms with Gasteiger partial charge >= 0.3 is 0 Å². The Labute approximate surface area is 166 Å². The van der Waals surface area contributed by atoms with Gasteiger partial charge in [-0.2, -0.15) is 0 Å². The zero-order chi connectivity index (χ0) is 17.5. The molecule has 0 saturated carbocycles. The number of halogens is 2. The Kier molecular flexibility index (Phi) is 7.99. The summed E-state index contributed by atoms with van der Waals surface area (Å²) in [5.74, 6) is 0.853. The summed E-state index contributed by atoms with van der Waals surface area (Å²) in [6.07, 6.45) is 0. The van der Waals surface area contributed by atoms with Gasteiger partial charge in [0.25, 0.3) is 0 Å². The van der Waals surface area contributed by atoms with Crippen molar-refractivity contribution in [1.82, 2.24) is 5.32 Å². The second-order valence-corrected chi connectivity index (χ2v) is 6.45. The molecule has 0 saturated heterocycles. The Morgan fingerprint density at radius 2 is 1.65 bits per heavy atom. The summed E-state index contributed by atoms with van der Waals surface area (Å²) < 4.78 is 5.89. The molecule has 3 aromatic rings. The first-order valence-electron chi connectivity index (χ1n) is 8.46. The van der Waals surface area contributed by atoms with Gasteiger partial charge in [-0.05, 0) is 36.2 Å². The van der Waals surface area contributed by atoms with Gasteiger partial charge in [0.1, 0.15) is 12.4 Å². The van der Waals surface area contributed by atoms with E-state index in [4.69, 9.17) is 16.3 Å². The zero-order valence-corrected chi connectivity index (χ0v) is 16.3. The summed E-state index contributed by atoms with van der Waals surface area (Å²) in [4.78, 5) is 0. The van der Waals surface area contributed by atoms with Gasteiger partial charge in [0.05, 0.1) is 0 Å². The third kappa shape index (κ3) is 5.77. The molecule has 0 aromatic heterocycles. The molecule has 1 atom stereocenters. The third-order valence-electron chi connectivity index (χ3n) is 4.16. The maximum Gasteiger partial charge on any atom is 0.120 e. The second kappa shape index (κ2) is 10.2. The highest BCUT2D eigenvalue weighted by Crippen LogP contribution is 2.20. The molecular formula is C22H23Cl2NO. The van der Waals surface area contributed by atoms with Gasteiger partial charge in [-0.25, -0.2) is 0 Å². The van der Waals surface area contributed by atoms with Crippen LogP contribution in [0, 0.1) is 0 Å². The third-order valence-corrected chi connectivity index (χ3v) is 4.53. The van der Waals surface area contributed by atoms with E-state index in [1.165, 1.54) is 11.1 Å². The molecule has 0 aliphatic rings. The summed E-state index contributed by atoms with van der Waals surface area (Å²) in [5, 5.41) is 4.28. The van der Waals surface area contributed by atoms with Crippen LogP contribution in [0.25, 0.3) is 0 Å². The zero-order valence-electron chi connectivity index (χ0n) is 14.7. The van der Waals surface area contributed by atoms with E-state index in [-0.39, 0.29) is 12.4 Å². The molecule has 3 aromatic carbocycles. The number of rotatable bonds is 7. The first kappa shape index (κ1) is 20.3. The van der Waals surface area contributed by atoms with Crippen LogP contribution in [0.4, 0.5) is 0 Å². The molecule has 0 aliphatic heterocycles. The predicted molar refractivity (Wildman–Crippen MR) is 111 cm³/mol. The van der Waals surface area contributed by atoms with Crippen molar-refractivity contribution in [3.05, 3.63) is 101 Å². The second-order valence-electron chi connectivity index (χ2n) is 6.04. The molecule has 0 fully saturated rings. The summed E-state index contributed by atoms with van der Waals surface area (Å²) in [7, 11) is 0. The molecule has 0 radical (unpaired) electrons. The lowest BCUT2D eigenvalue weighted by Gasteiger charge is -2.15. The van der Waals surface area contributed by atoms with Crippen molar-refractivity contribution in [1.29, 1.82) is 0 Å². The predicted octanol–water partition coefficient (Wildman–Crippen LogP) is 6.19. The summed E-state index contributed by atoms with van der Waals surface area (Å²) in [5.41, 5.74) is 3.47. The topological polar surface area (TPSA) is 21.3 Å². The van der Waals surface area contributed by atoms with Gasteiger partial charge in [-0.1, -0.05) is 72.3 Å². The summed E-state index contributed by atoms with van der Waals surface area (Å²) >= 11 is 6.17. The fourth-order valence-corrected chi connectivity index (χ4v) is 2.84. The van der Waals surface area contributed by atoms with Crippen LogP contribution < -0.4 is 10.1 Å². The molecule has 1 N–H and O–H groups in total. The maximum atomic E-state index is 6.17. The molecule has 136 valence electrons. The molecule has 0 amide bonds. The van der Waals surface area contributed by atoms with E-state index < -0.39 is 0 Å². The van der Waals surface area contributed by atoms with Crippen LogP contribution in [-0.4, -0.2) is 0 Å². The largest absolute Gasteiger partial charge is 0.489 e. The van der Waals surface area contributed by atoms with Crippen molar-refractivity contribution < 1.29 is 4.74 Å². The van der Waals surface area contributed by atoms with E-state index in [0.717, 1.165) is 22.9 Å². The van der Waals surface area contributed by atoms with Gasteiger partial charge in [0, 0.05) is 23.2 Å². The molecule has 26 heavy (non-hydrogen) atoms. The van der Waals surface area contributed by atoms with Crippen molar-refractivity contribution in [2.45, 2.75) is 26.1 Å². The number of benzene rings is 3. The first-order chi connectivity index (χ1) is 12.2. The fraction of sp³-hybridized carbons (Fsp3) is 0.182. The standard InChI is InChI=1S/C22H22ClNO.ClH/c1-17(19-9-3-2-4-10-19)24-15-18-8-7-12-21(14-18)25-16-20-11-5-6-13-22(20)23;/h2-14,17,24H,15-16H2,1H3;1H. The van der Waals surface area contributed by atoms with Crippen LogP contribution >= 0.6 is 24.0 Å². The minimum Gasteiger partial charge on any atom is -0.489 e. The Morgan fingerprint density at radius 1 is 0.923 bits per heavy atom. The van der Waals surface area contributed by atoms with E-state index in [1.54, 1.807) is 0 Å². The Morgan fingerprint density at radius 3 is 2.42 bits per heavy atom. The average molecular weight is 388 g/mol. The van der Waals surface area contributed by atoms with Crippen molar-refractivity contribution in [3.63, 3.8) is 0 Å². The minimum absolute atomic E-state index is 0. The van der Waals surface area contributed by atoms with E-state index in [0.29, 0.717) is 12.6 Å². The van der Waals surface area contributed by atoms with Crippen molar-refractivity contribution in [2.75, 3.05) is 0 Å². The molecule has 0 spiro atoms. The van der Waals surface area contributed by atoms with Crippen LogP contribution in [0.3, 0.4) is 0 Å². The lowest BCUT2D eigenvalue weighted by molar-refractivity contribution is 0.306. The molecule has 4 heteroatoms. The molecular weight excluding hydrogens is 365 g/mol. The van der Waals surface area contributed by atoms with Gasteiger partial charge in [0.2, 0.25) is 0 Å². The number of ether oxygens (including phenoxy) is 1. The minimum atomic E-state index is 0. The molecule has 3 rings (SSSR count). The lowest BCUT2D eigenvalue weighted by Crippen LogP contribution is -2.17. The van der Waals surface area contributed by atoms with E-state index in [1.807, 2.05) is 42.5 Å². The normalized spacial score (nSPS) is 11.5. The Hall–Kier alpha value is -2.00. The van der Waals surface area contributed by atoms with Gasteiger partial charge in [0.15, 0.2) is 0 Å². The Bertz CT molecular complexity index is 808. The summed E-state index contributed by atoms with van der Waals surface area (Å²) in [6.45, 7) is 3.43. The number of nitrogens with one attached hydrogen (secondary N) is 1. The van der Waals surface area contributed by atoms with Crippen molar-refractivity contribution in [3.8, 4) is 5.75 Å². The highest BCUT2D eigenvalue weighted by molar-refractivity contribution is 6.31. The van der Waals surface area contributed by atoms with E-state index in [2.05, 4.69) is 48.6 Å². The van der Waals surface area contributed by atoms with Crippen LogP contribution in [-0.2, 0) is 13.2 Å². The molecule has 0 bridgehead atoms. The smallest absolute Gasteiger partial charge is 0.120 e. The SMILES string of the molecule is CC(NCc1cccc(OCc2ccccc2Cl)c1)c1ccccc1.Cl. The molecule has 1 unspecified atom stereocenters. The van der Waals surface area contributed by atoms with Crippen molar-refractivity contribution in [2.24, 2.45) is 0 Å². The van der Waals surface area contributed by atoms with Crippen LogP contribution in [0.2, 0.25) is 5.02 Å². The van der Waals surface area contributed by atoms with Gasteiger partial charge in [-0.3, -0.25) is 0 Å². The Balaban J connectivity index is 0.00000243. The molecule has 0 aliphatic carbocycles. The fourth-order valence-electron chi connectivity index (χ4n) is 2.65. The molecule has 2 nitrogen and oxygen atoms in total. The number of hydrogen-bond donors (Lipinski definition) is 1. The average Bonchev–Trinajstić information content (AvgIpc) is 2.66. The van der Waals surface area contributed by atoms with Crippen molar-refractivity contribution >= 4 is 24.0 Å². The molecule has 0 heterocycles. The monoisotopic (exact) mass is 387 g/mol. The maximum absolute atomic E-state index is 6.17. The van der Waals surface area contributed by atoms with E-state index >= 15 is 0 Å². The van der Waals surface area contributed by atoms with Crippen LogP contribution in [0.5, 0.6) is 5.75 Å².